The van der Waals surface area contributed by atoms with E-state index in [1.807, 2.05) is 18.2 Å². The smallest absolute Gasteiger partial charge is 0.251 e. The Morgan fingerprint density at radius 3 is 2.79 bits per heavy atom. The predicted molar refractivity (Wildman–Crippen MR) is 109 cm³/mol. The Kier molecular flexibility index (Phi) is 6.72. The molecular weight excluding hydrogens is 394 g/mol. The van der Waals surface area contributed by atoms with Gasteiger partial charge in [-0.1, -0.05) is 24.3 Å². The number of carbonyl (C=O) groups is 3. The minimum atomic E-state index is -0.526. The number of hydrogen-bond acceptors (Lipinski definition) is 4. The normalized spacial score (nSPS) is 13.7. The summed E-state index contributed by atoms with van der Waals surface area (Å²) in [5.74, 6) is -0.484. The van der Waals surface area contributed by atoms with Crippen LogP contribution in [0.15, 0.2) is 42.5 Å². The van der Waals surface area contributed by atoms with Crippen LogP contribution < -0.4 is 20.7 Å². The van der Waals surface area contributed by atoms with E-state index in [1.165, 1.54) is 7.11 Å². The molecule has 1 aliphatic heterocycles. The summed E-state index contributed by atoms with van der Waals surface area (Å²) >= 11 is 5.63. The van der Waals surface area contributed by atoms with Gasteiger partial charge in [0.1, 0.15) is 11.6 Å². The molecule has 0 saturated carbocycles. The van der Waals surface area contributed by atoms with Gasteiger partial charge in [-0.05, 0) is 30.2 Å². The Labute approximate surface area is 173 Å². The molecule has 1 heterocycles. The number of rotatable bonds is 7. The number of fused-ring (bicyclic) bond motifs is 1. The Hall–Kier alpha value is -3.06. The molecule has 1 unspecified atom stereocenters. The van der Waals surface area contributed by atoms with Gasteiger partial charge < -0.3 is 20.7 Å². The van der Waals surface area contributed by atoms with Crippen molar-refractivity contribution >= 4 is 29.3 Å². The van der Waals surface area contributed by atoms with E-state index >= 15 is 0 Å². The third-order valence-corrected chi connectivity index (χ3v) is 4.98. The second-order valence-corrected chi connectivity index (χ2v) is 6.85. The molecule has 0 aliphatic carbocycles. The molecular formula is C21H22ClN3O4. The molecule has 0 fully saturated rings. The van der Waals surface area contributed by atoms with Crippen LogP contribution in [-0.4, -0.2) is 43.8 Å². The van der Waals surface area contributed by atoms with Gasteiger partial charge >= 0.3 is 0 Å². The zero-order valence-electron chi connectivity index (χ0n) is 16.0. The number of ether oxygens (including phenoxy) is 1. The maximum absolute atomic E-state index is 12.7. The number of nitrogens with one attached hydrogen (secondary N) is 3. The number of halogens is 1. The number of para-hydroxylation sites is 1. The largest absolute Gasteiger partial charge is 0.496 e. The van der Waals surface area contributed by atoms with E-state index in [9.17, 15) is 14.4 Å². The highest BCUT2D eigenvalue weighted by molar-refractivity contribution is 6.27. The molecule has 7 nitrogen and oxygen atoms in total. The van der Waals surface area contributed by atoms with Crippen LogP contribution in [-0.2, 0) is 11.2 Å². The fourth-order valence-electron chi connectivity index (χ4n) is 3.28. The molecule has 8 heteroatoms. The van der Waals surface area contributed by atoms with E-state index in [0.29, 0.717) is 23.4 Å². The maximum Gasteiger partial charge on any atom is 0.251 e. The lowest BCUT2D eigenvalue weighted by atomic mass is 9.97. The van der Waals surface area contributed by atoms with Gasteiger partial charge in [0.15, 0.2) is 0 Å². The molecule has 152 valence electrons. The summed E-state index contributed by atoms with van der Waals surface area (Å²) in [5.41, 5.74) is 2.54. The first-order valence-corrected chi connectivity index (χ1v) is 9.74. The van der Waals surface area contributed by atoms with Crippen LogP contribution >= 0.6 is 11.6 Å². The lowest BCUT2D eigenvalue weighted by Crippen LogP contribution is -2.38. The topological polar surface area (TPSA) is 96.5 Å². The Balaban J connectivity index is 1.77. The van der Waals surface area contributed by atoms with Gasteiger partial charge in [0.05, 0.1) is 13.2 Å². The number of amides is 3. The zero-order chi connectivity index (χ0) is 20.8. The first-order chi connectivity index (χ1) is 14.0. The van der Waals surface area contributed by atoms with Gasteiger partial charge in [-0.3, -0.25) is 14.4 Å². The van der Waals surface area contributed by atoms with Crippen molar-refractivity contribution in [1.82, 2.24) is 16.0 Å². The molecule has 1 aliphatic rings. The van der Waals surface area contributed by atoms with E-state index in [-0.39, 0.29) is 30.1 Å². The first kappa shape index (κ1) is 20.7. The van der Waals surface area contributed by atoms with Gasteiger partial charge in [0.25, 0.3) is 11.8 Å². The van der Waals surface area contributed by atoms with Crippen LogP contribution in [0.1, 0.15) is 37.9 Å². The fraction of sp³-hybridized carbons (Fsp3) is 0.286. The highest BCUT2D eigenvalue weighted by Gasteiger charge is 2.21. The summed E-state index contributed by atoms with van der Waals surface area (Å²) in [6.45, 7) is 0.726. The average molecular weight is 416 g/mol. The summed E-state index contributed by atoms with van der Waals surface area (Å²) in [7, 11) is 1.54. The van der Waals surface area contributed by atoms with E-state index in [1.54, 1.807) is 24.3 Å². The van der Waals surface area contributed by atoms with Crippen LogP contribution in [0.3, 0.4) is 0 Å². The van der Waals surface area contributed by atoms with Crippen LogP contribution in [0.2, 0.25) is 0 Å². The molecule has 29 heavy (non-hydrogen) atoms. The van der Waals surface area contributed by atoms with Crippen molar-refractivity contribution < 1.29 is 19.1 Å². The third kappa shape index (κ3) is 4.86. The van der Waals surface area contributed by atoms with E-state index in [0.717, 1.165) is 17.5 Å². The second kappa shape index (κ2) is 9.43. The summed E-state index contributed by atoms with van der Waals surface area (Å²) in [5, 5.41) is 8.38. The highest BCUT2D eigenvalue weighted by atomic mass is 35.5. The SMILES string of the molecule is COc1ccccc1C(CNC(=O)c1ccc2c(c1)C(=O)NCC2)NC(=O)CCl. The molecule has 1 atom stereocenters. The van der Waals surface area contributed by atoms with Crippen molar-refractivity contribution in [2.45, 2.75) is 12.5 Å². The fourth-order valence-corrected chi connectivity index (χ4v) is 3.35. The van der Waals surface area contributed by atoms with Gasteiger partial charge in [-0.15, -0.1) is 11.6 Å². The van der Waals surface area contributed by atoms with Gasteiger partial charge in [0.2, 0.25) is 5.91 Å². The Morgan fingerprint density at radius 2 is 2.03 bits per heavy atom. The monoisotopic (exact) mass is 415 g/mol. The number of benzene rings is 2. The highest BCUT2D eigenvalue weighted by Crippen LogP contribution is 2.24. The van der Waals surface area contributed by atoms with Crippen molar-refractivity contribution in [1.29, 1.82) is 0 Å². The predicted octanol–water partition coefficient (Wildman–Crippen LogP) is 1.81. The van der Waals surface area contributed by atoms with Crippen molar-refractivity contribution in [2.24, 2.45) is 0 Å². The number of carbonyl (C=O) groups excluding carboxylic acids is 3. The number of hydrogen-bond donors (Lipinski definition) is 3. The van der Waals surface area contributed by atoms with Crippen LogP contribution in [0.5, 0.6) is 5.75 Å². The van der Waals surface area contributed by atoms with Crippen molar-refractivity contribution in [2.75, 3.05) is 26.1 Å². The lowest BCUT2D eigenvalue weighted by molar-refractivity contribution is -0.119. The summed E-state index contributed by atoms with van der Waals surface area (Å²) < 4.78 is 5.37. The quantitative estimate of drug-likeness (QED) is 0.601. The van der Waals surface area contributed by atoms with Crippen LogP contribution in [0.4, 0.5) is 0 Å². The molecule has 0 bridgehead atoms. The summed E-state index contributed by atoms with van der Waals surface area (Å²) in [4.78, 5) is 36.6. The molecule has 0 saturated heterocycles. The Morgan fingerprint density at radius 1 is 1.24 bits per heavy atom. The van der Waals surface area contributed by atoms with Gasteiger partial charge in [-0.25, -0.2) is 0 Å². The van der Waals surface area contributed by atoms with E-state index in [4.69, 9.17) is 16.3 Å². The van der Waals surface area contributed by atoms with Gasteiger partial charge in [-0.2, -0.15) is 0 Å². The number of alkyl halides is 1. The van der Waals surface area contributed by atoms with Crippen LogP contribution in [0.25, 0.3) is 0 Å². The summed E-state index contributed by atoms with van der Waals surface area (Å²) in [6, 6.07) is 11.8. The average Bonchev–Trinajstić information content (AvgIpc) is 2.76. The molecule has 2 aromatic carbocycles. The molecule has 0 aromatic heterocycles. The minimum Gasteiger partial charge on any atom is -0.496 e. The summed E-state index contributed by atoms with van der Waals surface area (Å²) in [6.07, 6.45) is 0.739. The van der Waals surface area contributed by atoms with Crippen molar-refractivity contribution in [3.05, 3.63) is 64.7 Å². The zero-order valence-corrected chi connectivity index (χ0v) is 16.7. The van der Waals surface area contributed by atoms with E-state index < -0.39 is 6.04 Å². The standard InChI is InChI=1S/C21H22ClN3O4/c1-29-18-5-3-2-4-15(18)17(25-19(26)11-22)12-24-20(27)14-7-6-13-8-9-23-21(28)16(13)10-14/h2-7,10,17H,8-9,11-12H2,1H3,(H,23,28)(H,24,27)(H,25,26). The molecule has 0 spiro atoms. The van der Waals surface area contributed by atoms with Crippen molar-refractivity contribution in [3.8, 4) is 5.75 Å². The number of methoxy groups -OCH3 is 1. The molecule has 2 aromatic rings. The molecule has 0 radical (unpaired) electrons. The minimum absolute atomic E-state index is 0.130. The van der Waals surface area contributed by atoms with E-state index in [2.05, 4.69) is 16.0 Å². The maximum atomic E-state index is 12.7. The second-order valence-electron chi connectivity index (χ2n) is 6.58. The molecule has 3 N–H and O–H groups in total. The Bertz CT molecular complexity index is 932. The molecule has 3 amide bonds. The molecule has 3 rings (SSSR count). The van der Waals surface area contributed by atoms with Crippen LogP contribution in [0, 0.1) is 0 Å². The van der Waals surface area contributed by atoms with Gasteiger partial charge in [0, 0.05) is 29.8 Å². The first-order valence-electron chi connectivity index (χ1n) is 9.21. The van der Waals surface area contributed by atoms with Crippen molar-refractivity contribution in [3.63, 3.8) is 0 Å². The lowest BCUT2D eigenvalue weighted by Gasteiger charge is -2.22. The third-order valence-electron chi connectivity index (χ3n) is 4.73.